The van der Waals surface area contributed by atoms with Crippen molar-refractivity contribution >= 4 is 18.2 Å². The Morgan fingerprint density at radius 2 is 2.17 bits per heavy atom. The number of benzene rings is 1. The standard InChI is InChI=1S/C8H7FN2O/c9-7-3-1-2-4-8(7)11-10-5-6-12/h1-6,11H/b10-5+. The zero-order chi connectivity index (χ0) is 8.81. The summed E-state index contributed by atoms with van der Waals surface area (Å²) >= 11 is 0. The molecule has 1 aromatic rings. The Kier molecular flexibility index (Phi) is 2.95. The Balaban J connectivity index is 2.69. The molecule has 0 aromatic heterocycles. The molecule has 0 amide bonds. The molecule has 3 nitrogen and oxygen atoms in total. The molecule has 0 bridgehead atoms. The van der Waals surface area contributed by atoms with Crippen LogP contribution in [0.3, 0.4) is 0 Å². The van der Waals surface area contributed by atoms with E-state index >= 15 is 0 Å². The van der Waals surface area contributed by atoms with Crippen LogP contribution in [0.5, 0.6) is 0 Å². The van der Waals surface area contributed by atoms with Gasteiger partial charge in [-0.05, 0) is 12.1 Å². The first-order valence-corrected chi connectivity index (χ1v) is 3.32. The van der Waals surface area contributed by atoms with Gasteiger partial charge in [0.1, 0.15) is 5.82 Å². The Bertz CT molecular complexity index is 299. The van der Waals surface area contributed by atoms with Crippen molar-refractivity contribution in [2.75, 3.05) is 5.43 Å². The Morgan fingerprint density at radius 1 is 1.42 bits per heavy atom. The SMILES string of the molecule is O=C/C=N/Nc1ccccc1F. The summed E-state index contributed by atoms with van der Waals surface area (Å²) in [6.45, 7) is 0. The highest BCUT2D eigenvalue weighted by Crippen LogP contribution is 2.11. The minimum absolute atomic E-state index is 0.246. The third-order valence-corrected chi connectivity index (χ3v) is 1.19. The third-order valence-electron chi connectivity index (χ3n) is 1.19. The molecule has 0 fully saturated rings. The van der Waals surface area contributed by atoms with E-state index in [-0.39, 0.29) is 5.69 Å². The van der Waals surface area contributed by atoms with Crippen molar-refractivity contribution in [2.45, 2.75) is 0 Å². The Morgan fingerprint density at radius 3 is 2.83 bits per heavy atom. The fourth-order valence-corrected chi connectivity index (χ4v) is 0.689. The van der Waals surface area contributed by atoms with Gasteiger partial charge in [0.15, 0.2) is 6.29 Å². The predicted octanol–water partition coefficient (Wildman–Crippen LogP) is 1.42. The topological polar surface area (TPSA) is 41.5 Å². The van der Waals surface area contributed by atoms with Crippen LogP contribution in [0, 0.1) is 5.82 Å². The Labute approximate surface area is 68.9 Å². The number of nitrogens with one attached hydrogen (secondary N) is 1. The zero-order valence-corrected chi connectivity index (χ0v) is 6.20. The van der Waals surface area contributed by atoms with Crippen molar-refractivity contribution < 1.29 is 9.18 Å². The molecule has 0 aliphatic heterocycles. The van der Waals surface area contributed by atoms with Crippen LogP contribution in [0.4, 0.5) is 10.1 Å². The van der Waals surface area contributed by atoms with Gasteiger partial charge in [0.05, 0.1) is 11.9 Å². The molecule has 1 aromatic carbocycles. The largest absolute Gasteiger partial charge is 0.297 e. The molecule has 0 saturated carbocycles. The van der Waals surface area contributed by atoms with E-state index < -0.39 is 5.82 Å². The van der Waals surface area contributed by atoms with Crippen molar-refractivity contribution in [1.82, 2.24) is 0 Å². The third kappa shape index (κ3) is 2.16. The van der Waals surface area contributed by atoms with Crippen LogP contribution in [-0.4, -0.2) is 12.5 Å². The fraction of sp³-hybridized carbons (Fsp3) is 0. The minimum Gasteiger partial charge on any atom is -0.297 e. The second-order valence-corrected chi connectivity index (χ2v) is 2.01. The molecule has 1 rings (SSSR count). The molecule has 1 N–H and O–H groups in total. The van der Waals surface area contributed by atoms with E-state index in [0.717, 1.165) is 6.21 Å². The number of halogens is 1. The first-order valence-electron chi connectivity index (χ1n) is 3.32. The normalized spacial score (nSPS) is 10.1. The van der Waals surface area contributed by atoms with E-state index in [1.54, 1.807) is 12.1 Å². The number of aldehydes is 1. The van der Waals surface area contributed by atoms with Crippen LogP contribution in [0.2, 0.25) is 0 Å². The molecule has 0 unspecified atom stereocenters. The van der Waals surface area contributed by atoms with Crippen molar-refractivity contribution in [3.63, 3.8) is 0 Å². The quantitative estimate of drug-likeness (QED) is 0.419. The minimum atomic E-state index is -0.402. The van der Waals surface area contributed by atoms with Crippen molar-refractivity contribution in [3.8, 4) is 0 Å². The van der Waals surface area contributed by atoms with Gasteiger partial charge >= 0.3 is 0 Å². The van der Waals surface area contributed by atoms with Crippen LogP contribution >= 0.6 is 0 Å². The average Bonchev–Trinajstić information content (AvgIpc) is 2.09. The van der Waals surface area contributed by atoms with E-state index in [9.17, 15) is 9.18 Å². The monoisotopic (exact) mass is 166 g/mol. The molecule has 4 heteroatoms. The molecular formula is C8H7FN2O. The number of anilines is 1. The fourth-order valence-electron chi connectivity index (χ4n) is 0.689. The highest BCUT2D eigenvalue weighted by Gasteiger charge is 1.95. The van der Waals surface area contributed by atoms with Crippen molar-refractivity contribution in [3.05, 3.63) is 30.1 Å². The van der Waals surface area contributed by atoms with E-state index in [2.05, 4.69) is 10.5 Å². The second-order valence-electron chi connectivity index (χ2n) is 2.01. The van der Waals surface area contributed by atoms with Gasteiger partial charge in [0.2, 0.25) is 0 Å². The van der Waals surface area contributed by atoms with Gasteiger partial charge in [-0.3, -0.25) is 10.2 Å². The van der Waals surface area contributed by atoms with Gasteiger partial charge in [-0.25, -0.2) is 4.39 Å². The molecule has 0 spiro atoms. The molecule has 0 saturated heterocycles. The summed E-state index contributed by atoms with van der Waals surface area (Å²) in [4.78, 5) is 9.80. The van der Waals surface area contributed by atoms with Crippen molar-refractivity contribution in [1.29, 1.82) is 0 Å². The van der Waals surface area contributed by atoms with Gasteiger partial charge in [0.25, 0.3) is 0 Å². The van der Waals surface area contributed by atoms with Gasteiger partial charge in [-0.2, -0.15) is 5.10 Å². The molecule has 62 valence electrons. The molecular weight excluding hydrogens is 159 g/mol. The summed E-state index contributed by atoms with van der Waals surface area (Å²) in [5.74, 6) is -0.402. The molecule has 0 atom stereocenters. The maximum Gasteiger partial charge on any atom is 0.162 e. The lowest BCUT2D eigenvalue weighted by Gasteiger charge is -1.98. The first-order chi connectivity index (χ1) is 5.84. The summed E-state index contributed by atoms with van der Waals surface area (Å²) in [7, 11) is 0. The number of hydrazone groups is 1. The number of hydrogen-bond donors (Lipinski definition) is 1. The van der Waals surface area contributed by atoms with Gasteiger partial charge in [-0.15, -0.1) is 0 Å². The maximum absolute atomic E-state index is 12.8. The number of carbonyl (C=O) groups is 1. The highest BCUT2D eigenvalue weighted by molar-refractivity contribution is 6.13. The summed E-state index contributed by atoms with van der Waals surface area (Å²) in [5, 5.41) is 3.44. The lowest BCUT2D eigenvalue weighted by atomic mass is 10.3. The first kappa shape index (κ1) is 8.39. The number of nitrogens with zero attached hydrogens (tertiary/aromatic N) is 1. The highest BCUT2D eigenvalue weighted by atomic mass is 19.1. The van der Waals surface area contributed by atoms with E-state index in [0.29, 0.717) is 6.29 Å². The lowest BCUT2D eigenvalue weighted by Crippen LogP contribution is -1.92. The molecule has 0 radical (unpaired) electrons. The van der Waals surface area contributed by atoms with Crippen molar-refractivity contribution in [2.24, 2.45) is 5.10 Å². The summed E-state index contributed by atoms with van der Waals surface area (Å²) in [5.41, 5.74) is 2.62. The predicted molar refractivity (Wildman–Crippen MR) is 44.6 cm³/mol. The molecule has 0 aliphatic carbocycles. The van der Waals surface area contributed by atoms with Crippen LogP contribution in [-0.2, 0) is 4.79 Å². The summed E-state index contributed by atoms with van der Waals surface area (Å²) in [6.07, 6.45) is 1.51. The molecule has 0 aliphatic rings. The average molecular weight is 166 g/mol. The van der Waals surface area contributed by atoms with Crippen LogP contribution < -0.4 is 5.43 Å². The van der Waals surface area contributed by atoms with Crippen LogP contribution in [0.15, 0.2) is 29.4 Å². The van der Waals surface area contributed by atoms with E-state index in [1.807, 2.05) is 0 Å². The lowest BCUT2D eigenvalue weighted by molar-refractivity contribution is -0.102. The van der Waals surface area contributed by atoms with Gasteiger partial charge in [0, 0.05) is 0 Å². The molecule has 0 heterocycles. The number of hydrogen-bond acceptors (Lipinski definition) is 3. The Hall–Kier alpha value is -1.71. The second kappa shape index (κ2) is 4.23. The summed E-state index contributed by atoms with van der Waals surface area (Å²) < 4.78 is 12.8. The maximum atomic E-state index is 12.8. The number of rotatable bonds is 3. The van der Waals surface area contributed by atoms with Gasteiger partial charge in [-0.1, -0.05) is 12.1 Å². The molecule has 12 heavy (non-hydrogen) atoms. The smallest absolute Gasteiger partial charge is 0.162 e. The van der Waals surface area contributed by atoms with E-state index in [1.165, 1.54) is 12.1 Å². The number of para-hydroxylation sites is 1. The summed E-state index contributed by atoms with van der Waals surface area (Å²) in [6, 6.07) is 6.07. The zero-order valence-electron chi connectivity index (χ0n) is 6.20. The van der Waals surface area contributed by atoms with Crippen LogP contribution in [0.25, 0.3) is 0 Å². The number of carbonyl (C=O) groups excluding carboxylic acids is 1. The van der Waals surface area contributed by atoms with Gasteiger partial charge < -0.3 is 0 Å². The van der Waals surface area contributed by atoms with E-state index in [4.69, 9.17) is 0 Å². The van der Waals surface area contributed by atoms with Crippen LogP contribution in [0.1, 0.15) is 0 Å².